The highest BCUT2D eigenvalue weighted by Gasteiger charge is 2.11. The van der Waals surface area contributed by atoms with E-state index in [-0.39, 0.29) is 23.7 Å². The molecule has 0 fully saturated rings. The van der Waals surface area contributed by atoms with Crippen molar-refractivity contribution in [3.05, 3.63) is 58.1 Å². The van der Waals surface area contributed by atoms with Crippen molar-refractivity contribution in [2.45, 2.75) is 6.54 Å². The van der Waals surface area contributed by atoms with Gasteiger partial charge < -0.3 is 10.4 Å². The number of hydrogen-bond donors (Lipinski definition) is 2. The smallest absolute Gasteiger partial charge is 0.335 e. The third kappa shape index (κ3) is 3.39. The molecule has 0 aliphatic heterocycles. The molecule has 2 aromatic heterocycles. The van der Waals surface area contributed by atoms with Crippen LogP contribution in [0.25, 0.3) is 0 Å². The summed E-state index contributed by atoms with van der Waals surface area (Å²) >= 11 is 3.24. The second kappa shape index (κ2) is 6.25. The second-order valence-electron chi connectivity index (χ2n) is 3.86. The maximum atomic E-state index is 11.9. The van der Waals surface area contributed by atoms with E-state index in [9.17, 15) is 9.59 Å². The molecule has 0 aliphatic carbocycles. The van der Waals surface area contributed by atoms with Gasteiger partial charge in [0.05, 0.1) is 17.8 Å². The van der Waals surface area contributed by atoms with Gasteiger partial charge in [-0.2, -0.15) is 0 Å². The van der Waals surface area contributed by atoms with Gasteiger partial charge in [-0.25, -0.2) is 9.78 Å². The number of carboxylic acid groups (broad SMARTS) is 1. The first kappa shape index (κ1) is 14.1. The van der Waals surface area contributed by atoms with Gasteiger partial charge in [-0.15, -0.1) is 0 Å². The lowest BCUT2D eigenvalue weighted by Crippen LogP contribution is -2.24. The fraction of sp³-hybridized carbons (Fsp3) is 0.0769. The highest BCUT2D eigenvalue weighted by atomic mass is 79.9. The zero-order valence-electron chi connectivity index (χ0n) is 10.2. The molecule has 2 aromatic rings. The largest absolute Gasteiger partial charge is 0.478 e. The number of aromatic carboxylic acids is 1. The molecule has 0 atom stereocenters. The topological polar surface area (TPSA) is 92.2 Å². The van der Waals surface area contributed by atoms with E-state index in [2.05, 4.69) is 31.2 Å². The summed E-state index contributed by atoms with van der Waals surface area (Å²) in [6, 6.07) is 6.23. The fourth-order valence-electron chi connectivity index (χ4n) is 1.52. The molecule has 7 heteroatoms. The summed E-state index contributed by atoms with van der Waals surface area (Å²) in [6.45, 7) is 0.128. The van der Waals surface area contributed by atoms with Gasteiger partial charge in [-0.3, -0.25) is 9.78 Å². The molecule has 102 valence electrons. The monoisotopic (exact) mass is 335 g/mol. The first-order valence-electron chi connectivity index (χ1n) is 5.65. The van der Waals surface area contributed by atoms with Crippen LogP contribution in [0.4, 0.5) is 0 Å². The lowest BCUT2D eigenvalue weighted by Gasteiger charge is -2.06. The molecular formula is C13H10BrN3O3. The maximum Gasteiger partial charge on any atom is 0.335 e. The Morgan fingerprint density at radius 2 is 2.05 bits per heavy atom. The average Bonchev–Trinajstić information content (AvgIpc) is 2.45. The number of nitrogens with zero attached hydrogens (tertiary/aromatic N) is 2. The molecule has 2 rings (SSSR count). The van der Waals surface area contributed by atoms with Gasteiger partial charge in [0, 0.05) is 16.9 Å². The zero-order valence-corrected chi connectivity index (χ0v) is 11.8. The van der Waals surface area contributed by atoms with Gasteiger partial charge in [-0.1, -0.05) is 0 Å². The SMILES string of the molecule is O=C(O)c1ccnc(CNC(=O)c2ncccc2Br)c1. The molecule has 0 bridgehead atoms. The van der Waals surface area contributed by atoms with Crippen molar-refractivity contribution in [2.24, 2.45) is 0 Å². The Morgan fingerprint density at radius 1 is 1.25 bits per heavy atom. The van der Waals surface area contributed by atoms with Crippen molar-refractivity contribution in [3.8, 4) is 0 Å². The normalized spacial score (nSPS) is 10.1. The van der Waals surface area contributed by atoms with E-state index in [1.54, 1.807) is 12.1 Å². The molecule has 0 saturated carbocycles. The Balaban J connectivity index is 2.06. The quantitative estimate of drug-likeness (QED) is 0.889. The number of nitrogens with one attached hydrogen (secondary N) is 1. The number of hydrogen-bond acceptors (Lipinski definition) is 4. The zero-order chi connectivity index (χ0) is 14.5. The summed E-state index contributed by atoms with van der Waals surface area (Å²) in [4.78, 5) is 30.7. The van der Waals surface area contributed by atoms with Gasteiger partial charge in [0.15, 0.2) is 0 Å². The Hall–Kier alpha value is -2.28. The first-order chi connectivity index (χ1) is 9.58. The summed E-state index contributed by atoms with van der Waals surface area (Å²) in [7, 11) is 0. The molecule has 0 spiro atoms. The van der Waals surface area contributed by atoms with Crippen LogP contribution in [0, 0.1) is 0 Å². The van der Waals surface area contributed by atoms with Crippen molar-refractivity contribution >= 4 is 27.8 Å². The number of halogens is 1. The molecular weight excluding hydrogens is 326 g/mol. The fourth-order valence-corrected chi connectivity index (χ4v) is 1.95. The minimum Gasteiger partial charge on any atom is -0.478 e. The Labute approximate surface area is 123 Å². The molecule has 0 aromatic carbocycles. The summed E-state index contributed by atoms with van der Waals surface area (Å²) in [5.41, 5.74) is 0.857. The molecule has 20 heavy (non-hydrogen) atoms. The van der Waals surface area contributed by atoms with E-state index >= 15 is 0 Å². The van der Waals surface area contributed by atoms with Crippen LogP contribution >= 0.6 is 15.9 Å². The minimum atomic E-state index is -1.03. The summed E-state index contributed by atoms with van der Waals surface area (Å²) in [5, 5.41) is 11.5. The number of carbonyl (C=O) groups is 2. The highest BCUT2D eigenvalue weighted by Crippen LogP contribution is 2.13. The van der Waals surface area contributed by atoms with Crippen LogP contribution in [0.15, 0.2) is 41.1 Å². The maximum absolute atomic E-state index is 11.9. The van der Waals surface area contributed by atoms with Crippen molar-refractivity contribution in [3.63, 3.8) is 0 Å². The van der Waals surface area contributed by atoms with Crippen molar-refractivity contribution in [2.75, 3.05) is 0 Å². The summed E-state index contributed by atoms with van der Waals surface area (Å²) in [6.07, 6.45) is 2.91. The lowest BCUT2D eigenvalue weighted by molar-refractivity contribution is 0.0696. The third-order valence-corrected chi connectivity index (χ3v) is 3.11. The Morgan fingerprint density at radius 3 is 2.75 bits per heavy atom. The minimum absolute atomic E-state index is 0.128. The molecule has 2 heterocycles. The lowest BCUT2D eigenvalue weighted by atomic mass is 10.2. The number of amides is 1. The van der Waals surface area contributed by atoms with Crippen molar-refractivity contribution in [1.82, 2.24) is 15.3 Å². The standard InChI is InChI=1S/C13H10BrN3O3/c14-10-2-1-4-16-11(10)12(18)17-7-9-6-8(13(19)20)3-5-15-9/h1-6H,7H2,(H,17,18)(H,19,20). The summed E-state index contributed by atoms with van der Waals surface area (Å²) < 4.78 is 0.588. The van der Waals surface area contributed by atoms with E-state index in [0.717, 1.165) is 0 Å². The summed E-state index contributed by atoms with van der Waals surface area (Å²) in [5.74, 6) is -1.40. The van der Waals surface area contributed by atoms with E-state index in [1.807, 2.05) is 0 Å². The van der Waals surface area contributed by atoms with Crippen molar-refractivity contribution in [1.29, 1.82) is 0 Å². The van der Waals surface area contributed by atoms with Crippen LogP contribution < -0.4 is 5.32 Å². The van der Waals surface area contributed by atoms with Crippen LogP contribution in [-0.2, 0) is 6.54 Å². The molecule has 0 radical (unpaired) electrons. The average molecular weight is 336 g/mol. The number of carbonyl (C=O) groups excluding carboxylic acids is 1. The molecule has 6 nitrogen and oxygen atoms in total. The molecule has 2 N–H and O–H groups in total. The van der Waals surface area contributed by atoms with E-state index in [0.29, 0.717) is 10.2 Å². The predicted molar refractivity (Wildman–Crippen MR) is 74.3 cm³/mol. The van der Waals surface area contributed by atoms with Gasteiger partial charge in [0.25, 0.3) is 5.91 Å². The van der Waals surface area contributed by atoms with Crippen LogP contribution in [-0.4, -0.2) is 27.0 Å². The molecule has 0 unspecified atom stereocenters. The molecule has 1 amide bonds. The van der Waals surface area contributed by atoms with Gasteiger partial charge >= 0.3 is 5.97 Å². The number of carboxylic acids is 1. The van der Waals surface area contributed by atoms with Gasteiger partial charge in [0.2, 0.25) is 0 Å². The van der Waals surface area contributed by atoms with E-state index in [1.165, 1.54) is 24.5 Å². The number of pyridine rings is 2. The van der Waals surface area contributed by atoms with E-state index in [4.69, 9.17) is 5.11 Å². The van der Waals surface area contributed by atoms with Crippen LogP contribution in [0.2, 0.25) is 0 Å². The second-order valence-corrected chi connectivity index (χ2v) is 4.71. The Bertz CT molecular complexity index is 661. The Kier molecular flexibility index (Phi) is 4.41. The molecule has 0 saturated heterocycles. The predicted octanol–water partition coefficient (Wildman–Crippen LogP) is 1.87. The number of rotatable bonds is 4. The van der Waals surface area contributed by atoms with Crippen LogP contribution in [0.3, 0.4) is 0 Å². The third-order valence-electron chi connectivity index (χ3n) is 2.47. The van der Waals surface area contributed by atoms with Gasteiger partial charge in [0.1, 0.15) is 5.69 Å². The molecule has 0 aliphatic rings. The highest BCUT2D eigenvalue weighted by molar-refractivity contribution is 9.10. The first-order valence-corrected chi connectivity index (χ1v) is 6.44. The van der Waals surface area contributed by atoms with Crippen LogP contribution in [0.1, 0.15) is 26.5 Å². The van der Waals surface area contributed by atoms with Gasteiger partial charge in [-0.05, 0) is 40.2 Å². The van der Waals surface area contributed by atoms with Crippen LogP contribution in [0.5, 0.6) is 0 Å². The van der Waals surface area contributed by atoms with E-state index < -0.39 is 5.97 Å². The number of aromatic nitrogens is 2. The van der Waals surface area contributed by atoms with Crippen molar-refractivity contribution < 1.29 is 14.7 Å².